The molecule has 160 valence electrons. The highest BCUT2D eigenvalue weighted by atomic mass is 16.6. The van der Waals surface area contributed by atoms with Crippen LogP contribution in [-0.4, -0.2) is 29.7 Å². The van der Waals surface area contributed by atoms with Crippen molar-refractivity contribution < 1.29 is 23.7 Å². The zero-order chi connectivity index (χ0) is 22.4. The van der Waals surface area contributed by atoms with Crippen LogP contribution in [0.4, 0.5) is 11.4 Å². The van der Waals surface area contributed by atoms with Gasteiger partial charge in [-0.15, -0.1) is 0 Å². The Morgan fingerprint density at radius 1 is 1.19 bits per heavy atom. The number of para-hydroxylation sites is 1. The summed E-state index contributed by atoms with van der Waals surface area (Å²) in [5, 5.41) is 17.5. The number of hydrogen-bond donors (Lipinski definition) is 1. The molecule has 9 heteroatoms. The van der Waals surface area contributed by atoms with Gasteiger partial charge in [0.2, 0.25) is 5.76 Å². The van der Waals surface area contributed by atoms with Crippen molar-refractivity contribution in [3.8, 4) is 11.5 Å². The van der Waals surface area contributed by atoms with E-state index in [9.17, 15) is 14.9 Å². The average Bonchev–Trinajstić information content (AvgIpc) is 3.13. The molecule has 31 heavy (non-hydrogen) atoms. The highest BCUT2D eigenvalue weighted by Crippen LogP contribution is 2.30. The molecule has 3 aromatic rings. The number of carbonyl (C=O) groups is 1. The highest BCUT2D eigenvalue weighted by molar-refractivity contribution is 5.92. The van der Waals surface area contributed by atoms with Crippen LogP contribution in [0.15, 0.2) is 47.0 Å². The third kappa shape index (κ3) is 5.27. The number of nitro groups is 1. The summed E-state index contributed by atoms with van der Waals surface area (Å²) in [5.41, 5.74) is 2.39. The highest BCUT2D eigenvalue weighted by Gasteiger charge is 2.22. The summed E-state index contributed by atoms with van der Waals surface area (Å²) in [4.78, 5) is 22.8. The van der Waals surface area contributed by atoms with Crippen LogP contribution < -0.4 is 14.8 Å². The third-order valence-electron chi connectivity index (χ3n) is 4.43. The maximum absolute atomic E-state index is 12.2. The molecular formula is C22H21N3O6. The van der Waals surface area contributed by atoms with E-state index in [4.69, 9.17) is 14.0 Å². The van der Waals surface area contributed by atoms with Crippen LogP contribution in [0.25, 0.3) is 12.2 Å². The van der Waals surface area contributed by atoms with E-state index in [1.54, 1.807) is 24.3 Å². The zero-order valence-corrected chi connectivity index (χ0v) is 17.2. The van der Waals surface area contributed by atoms with Gasteiger partial charge in [-0.05, 0) is 49.2 Å². The summed E-state index contributed by atoms with van der Waals surface area (Å²) in [6.07, 6.45) is 3.09. The quantitative estimate of drug-likeness (QED) is 0.422. The van der Waals surface area contributed by atoms with E-state index < -0.39 is 4.92 Å². The monoisotopic (exact) mass is 423 g/mol. The van der Waals surface area contributed by atoms with Crippen LogP contribution in [0, 0.1) is 24.0 Å². The van der Waals surface area contributed by atoms with Gasteiger partial charge in [-0.1, -0.05) is 35.5 Å². The predicted octanol–water partition coefficient (Wildman–Crippen LogP) is 4.40. The van der Waals surface area contributed by atoms with Crippen molar-refractivity contribution >= 4 is 29.4 Å². The molecule has 0 spiro atoms. The number of benzene rings is 2. The fourth-order valence-corrected chi connectivity index (χ4v) is 2.84. The van der Waals surface area contributed by atoms with E-state index in [0.29, 0.717) is 17.1 Å². The molecule has 1 N–H and O–H groups in total. The topological polar surface area (TPSA) is 117 Å². The van der Waals surface area contributed by atoms with Crippen LogP contribution in [0.1, 0.15) is 22.6 Å². The largest absolute Gasteiger partial charge is 0.493 e. The molecule has 1 amide bonds. The Balaban J connectivity index is 1.68. The molecule has 0 saturated heterocycles. The molecular weight excluding hydrogens is 402 g/mol. The summed E-state index contributed by atoms with van der Waals surface area (Å²) in [6.45, 7) is 3.22. The van der Waals surface area contributed by atoms with Crippen molar-refractivity contribution in [3.05, 3.63) is 75.2 Å². The maximum Gasteiger partial charge on any atom is 0.338 e. The summed E-state index contributed by atoms with van der Waals surface area (Å²) in [6, 6.07) is 12.5. The smallest absolute Gasteiger partial charge is 0.338 e. The number of nitrogens with zero attached hydrogens (tertiary/aromatic N) is 2. The third-order valence-corrected chi connectivity index (χ3v) is 4.43. The van der Waals surface area contributed by atoms with Gasteiger partial charge in [-0.2, -0.15) is 0 Å². The summed E-state index contributed by atoms with van der Waals surface area (Å²) in [5.74, 6) is 0.554. The Labute approximate surface area is 178 Å². The maximum atomic E-state index is 12.2. The van der Waals surface area contributed by atoms with Gasteiger partial charge >= 0.3 is 5.69 Å². The molecule has 0 bridgehead atoms. The van der Waals surface area contributed by atoms with Crippen LogP contribution in [0.5, 0.6) is 11.5 Å². The number of methoxy groups -OCH3 is 1. The lowest BCUT2D eigenvalue weighted by molar-refractivity contribution is -0.386. The van der Waals surface area contributed by atoms with Gasteiger partial charge in [0.05, 0.1) is 12.0 Å². The first-order valence-electron chi connectivity index (χ1n) is 9.34. The van der Waals surface area contributed by atoms with Crippen LogP contribution >= 0.6 is 0 Å². The predicted molar refractivity (Wildman–Crippen MR) is 115 cm³/mol. The second-order valence-corrected chi connectivity index (χ2v) is 6.63. The number of aromatic nitrogens is 1. The Morgan fingerprint density at radius 2 is 1.97 bits per heavy atom. The lowest BCUT2D eigenvalue weighted by atomic mass is 10.1. The Bertz CT molecular complexity index is 1140. The minimum Gasteiger partial charge on any atom is -0.493 e. The number of amides is 1. The van der Waals surface area contributed by atoms with Gasteiger partial charge in [0.15, 0.2) is 23.8 Å². The van der Waals surface area contributed by atoms with E-state index in [1.807, 2.05) is 31.2 Å². The minimum atomic E-state index is -0.537. The molecule has 0 atom stereocenters. The van der Waals surface area contributed by atoms with Crippen molar-refractivity contribution in [1.29, 1.82) is 0 Å². The second-order valence-electron chi connectivity index (χ2n) is 6.63. The Hall–Kier alpha value is -4.14. The first kappa shape index (κ1) is 21.6. The van der Waals surface area contributed by atoms with E-state index >= 15 is 0 Å². The molecule has 0 unspecified atom stereocenters. The van der Waals surface area contributed by atoms with Crippen molar-refractivity contribution in [2.24, 2.45) is 0 Å². The van der Waals surface area contributed by atoms with Crippen molar-refractivity contribution in [2.75, 3.05) is 19.0 Å². The van der Waals surface area contributed by atoms with Gasteiger partial charge in [0.1, 0.15) is 0 Å². The molecule has 0 aliphatic rings. The number of nitrogens with one attached hydrogen (secondary N) is 1. The lowest BCUT2D eigenvalue weighted by Crippen LogP contribution is -2.20. The first-order valence-corrected chi connectivity index (χ1v) is 9.34. The molecule has 1 heterocycles. The van der Waals surface area contributed by atoms with Crippen LogP contribution in [0.3, 0.4) is 0 Å². The van der Waals surface area contributed by atoms with Crippen molar-refractivity contribution in [2.45, 2.75) is 13.8 Å². The number of hydrogen-bond acceptors (Lipinski definition) is 7. The number of carbonyl (C=O) groups excluding carboxylic acids is 1. The normalized spacial score (nSPS) is 10.8. The van der Waals surface area contributed by atoms with E-state index in [0.717, 1.165) is 11.3 Å². The second kappa shape index (κ2) is 9.57. The SMILES string of the molecule is COc1cc(/C=C/c2onc(C)c2[N+](=O)[O-])ccc1OCC(=O)Nc1ccccc1C. The summed E-state index contributed by atoms with van der Waals surface area (Å²) >= 11 is 0. The van der Waals surface area contributed by atoms with Gasteiger partial charge in [-0.3, -0.25) is 14.9 Å². The fraction of sp³-hybridized carbons (Fsp3) is 0.182. The van der Waals surface area contributed by atoms with Gasteiger partial charge in [0, 0.05) is 5.69 Å². The molecule has 0 fully saturated rings. The summed E-state index contributed by atoms with van der Waals surface area (Å²) in [7, 11) is 1.48. The van der Waals surface area contributed by atoms with E-state index in [1.165, 1.54) is 20.1 Å². The standard InChI is InChI=1S/C22H21N3O6/c1-14-6-4-5-7-17(14)23-21(26)13-30-18-10-8-16(12-20(18)29-3)9-11-19-22(25(27)28)15(2)24-31-19/h4-12H,13H2,1-3H3,(H,23,26)/b11-9+. The molecule has 9 nitrogen and oxygen atoms in total. The van der Waals surface area contributed by atoms with Crippen molar-refractivity contribution in [3.63, 3.8) is 0 Å². The molecule has 0 radical (unpaired) electrons. The zero-order valence-electron chi connectivity index (χ0n) is 17.2. The molecule has 0 aliphatic carbocycles. The van der Waals surface area contributed by atoms with Crippen molar-refractivity contribution in [1.82, 2.24) is 5.16 Å². The summed E-state index contributed by atoms with van der Waals surface area (Å²) < 4.78 is 15.9. The lowest BCUT2D eigenvalue weighted by Gasteiger charge is -2.12. The fourth-order valence-electron chi connectivity index (χ4n) is 2.84. The number of ether oxygens (including phenoxy) is 2. The molecule has 2 aromatic carbocycles. The average molecular weight is 423 g/mol. The molecule has 0 saturated carbocycles. The molecule has 3 rings (SSSR count). The number of anilines is 1. The Kier molecular flexibility index (Phi) is 6.66. The van der Waals surface area contributed by atoms with E-state index in [-0.39, 0.29) is 29.7 Å². The number of rotatable bonds is 8. The van der Waals surface area contributed by atoms with Crippen LogP contribution in [-0.2, 0) is 4.79 Å². The van der Waals surface area contributed by atoms with E-state index in [2.05, 4.69) is 10.5 Å². The molecule has 0 aliphatic heterocycles. The van der Waals surface area contributed by atoms with Crippen LogP contribution in [0.2, 0.25) is 0 Å². The first-order chi connectivity index (χ1) is 14.9. The Morgan fingerprint density at radius 3 is 2.68 bits per heavy atom. The molecule has 1 aromatic heterocycles. The number of aryl methyl sites for hydroxylation is 2. The van der Waals surface area contributed by atoms with Gasteiger partial charge in [-0.25, -0.2) is 0 Å². The van der Waals surface area contributed by atoms with Gasteiger partial charge < -0.3 is 19.3 Å². The van der Waals surface area contributed by atoms with Gasteiger partial charge in [0.25, 0.3) is 5.91 Å². The minimum absolute atomic E-state index is 0.0506.